The third-order valence-corrected chi connectivity index (χ3v) is 6.70. The van der Waals surface area contributed by atoms with Crippen LogP contribution >= 0.6 is 11.8 Å². The summed E-state index contributed by atoms with van der Waals surface area (Å²) in [5.41, 5.74) is 7.54. The van der Waals surface area contributed by atoms with Gasteiger partial charge in [-0.1, -0.05) is 36.0 Å². The van der Waals surface area contributed by atoms with E-state index in [2.05, 4.69) is 0 Å². The minimum Gasteiger partial charge on any atom is -0.497 e. The van der Waals surface area contributed by atoms with E-state index in [1.54, 1.807) is 42.5 Å². The van der Waals surface area contributed by atoms with Crippen LogP contribution in [0.3, 0.4) is 0 Å². The summed E-state index contributed by atoms with van der Waals surface area (Å²) in [6.45, 7) is 0. The Kier molecular flexibility index (Phi) is 3.92. The average Bonchev–Trinajstić information content (AvgIpc) is 2.97. The second-order valence-electron chi connectivity index (χ2n) is 6.96. The van der Waals surface area contributed by atoms with Crippen LogP contribution in [0.4, 0.5) is 5.69 Å². The summed E-state index contributed by atoms with van der Waals surface area (Å²) in [4.78, 5) is 40.5. The predicted molar refractivity (Wildman–Crippen MR) is 106 cm³/mol. The molecule has 0 saturated carbocycles. The summed E-state index contributed by atoms with van der Waals surface area (Å²) in [6.07, 6.45) is 0. The van der Waals surface area contributed by atoms with Crippen molar-refractivity contribution in [3.05, 3.63) is 64.7 Å². The zero-order valence-electron chi connectivity index (χ0n) is 15.3. The lowest BCUT2D eigenvalue weighted by Gasteiger charge is -2.36. The van der Waals surface area contributed by atoms with E-state index in [-0.39, 0.29) is 22.4 Å². The van der Waals surface area contributed by atoms with Gasteiger partial charge in [0, 0.05) is 17.5 Å². The summed E-state index contributed by atoms with van der Waals surface area (Å²) in [5.74, 6) is -1.71. The van der Waals surface area contributed by atoms with E-state index in [1.807, 2.05) is 6.07 Å². The van der Waals surface area contributed by atoms with Crippen molar-refractivity contribution in [2.24, 2.45) is 11.7 Å². The summed E-state index contributed by atoms with van der Waals surface area (Å²) in [6, 6.07) is 13.8. The molecule has 2 aromatic carbocycles. The maximum atomic E-state index is 13.5. The van der Waals surface area contributed by atoms with Crippen LogP contribution in [-0.4, -0.2) is 30.1 Å². The number of carbonyl (C=O) groups is 3. The van der Waals surface area contributed by atoms with Gasteiger partial charge in [-0.05, 0) is 18.2 Å². The smallest absolute Gasteiger partial charge is 0.342 e. The molecule has 1 saturated heterocycles. The molecule has 3 heterocycles. The molecule has 7 nitrogen and oxygen atoms in total. The number of nitrogens with two attached hydrogens (primary N) is 1. The number of hydrogen-bond acceptors (Lipinski definition) is 7. The van der Waals surface area contributed by atoms with Gasteiger partial charge in [0.05, 0.1) is 29.3 Å². The number of ether oxygens (including phenoxy) is 2. The molecule has 0 radical (unpaired) electrons. The summed E-state index contributed by atoms with van der Waals surface area (Å²) in [5, 5.41) is -0.481. The van der Waals surface area contributed by atoms with Gasteiger partial charge in [-0.2, -0.15) is 0 Å². The number of thioether (sulfide) groups is 1. The molecule has 2 aromatic rings. The van der Waals surface area contributed by atoms with Crippen LogP contribution in [0.15, 0.2) is 59.1 Å². The van der Waals surface area contributed by atoms with Crippen LogP contribution in [0.5, 0.6) is 11.5 Å². The Morgan fingerprint density at radius 3 is 2.66 bits per heavy atom. The van der Waals surface area contributed by atoms with Crippen LogP contribution in [-0.2, 0) is 14.4 Å². The number of nitrogens with zero attached hydrogens (tertiary/aromatic N) is 1. The summed E-state index contributed by atoms with van der Waals surface area (Å²) < 4.78 is 10.6. The Bertz CT molecular complexity index is 1110. The number of anilines is 1. The third kappa shape index (κ3) is 2.49. The quantitative estimate of drug-likeness (QED) is 0.462. The van der Waals surface area contributed by atoms with Gasteiger partial charge in [-0.3, -0.25) is 9.59 Å². The third-order valence-electron chi connectivity index (χ3n) is 5.47. The molecular formula is C21H16N2O5S. The molecule has 8 heteroatoms. The Balaban J connectivity index is 1.64. The Labute approximate surface area is 170 Å². The summed E-state index contributed by atoms with van der Waals surface area (Å²) in [7, 11) is 1.52. The van der Waals surface area contributed by atoms with Crippen LogP contribution < -0.4 is 20.1 Å². The second-order valence-corrected chi connectivity index (χ2v) is 8.14. The lowest BCUT2D eigenvalue weighted by atomic mass is 9.77. The molecular weight excluding hydrogens is 392 g/mol. The number of carbonyl (C=O) groups excluding carboxylic acids is 3. The zero-order chi connectivity index (χ0) is 20.3. The van der Waals surface area contributed by atoms with Crippen LogP contribution in [0, 0.1) is 5.92 Å². The first-order valence-corrected chi connectivity index (χ1v) is 9.88. The van der Waals surface area contributed by atoms with Crippen molar-refractivity contribution in [1.82, 2.24) is 0 Å². The lowest BCUT2D eigenvalue weighted by molar-refractivity contribution is -0.131. The normalized spacial score (nSPS) is 25.3. The molecule has 3 aliphatic rings. The SMILES string of the molecule is COc1cccc(N2C(=O)C3SC(N)=C4C(=O)Oc5ccccc5C4C3C2=O)c1. The molecule has 3 aliphatic heterocycles. The van der Waals surface area contributed by atoms with E-state index in [0.29, 0.717) is 22.7 Å². The highest BCUT2D eigenvalue weighted by Gasteiger charge is 2.58. The monoisotopic (exact) mass is 408 g/mol. The van der Waals surface area contributed by atoms with E-state index < -0.39 is 23.1 Å². The number of hydrogen-bond donors (Lipinski definition) is 1. The van der Waals surface area contributed by atoms with Crippen LogP contribution in [0.2, 0.25) is 0 Å². The summed E-state index contributed by atoms with van der Waals surface area (Å²) >= 11 is 1.05. The van der Waals surface area contributed by atoms with Crippen molar-refractivity contribution >= 4 is 35.2 Å². The van der Waals surface area contributed by atoms with Crippen molar-refractivity contribution < 1.29 is 23.9 Å². The van der Waals surface area contributed by atoms with Gasteiger partial charge in [0.2, 0.25) is 11.8 Å². The standard InChI is InChI=1S/C21H16N2O5S/c1-27-11-6-4-5-10(9-11)23-19(24)15-14-12-7-2-3-8-13(12)28-21(26)16(14)18(22)29-17(15)20(23)25/h2-9,14-15,17H,22H2,1H3. The number of benzene rings is 2. The molecule has 2 N–H and O–H groups in total. The minimum absolute atomic E-state index is 0.226. The first-order valence-electron chi connectivity index (χ1n) is 9.00. The Morgan fingerprint density at radius 2 is 1.86 bits per heavy atom. The first kappa shape index (κ1) is 17.8. The molecule has 0 spiro atoms. The number of rotatable bonds is 2. The van der Waals surface area contributed by atoms with E-state index in [1.165, 1.54) is 12.0 Å². The highest BCUT2D eigenvalue weighted by Crippen LogP contribution is 2.54. The van der Waals surface area contributed by atoms with Gasteiger partial charge in [-0.15, -0.1) is 0 Å². The number of esters is 1. The van der Waals surface area contributed by atoms with Gasteiger partial charge in [0.25, 0.3) is 0 Å². The molecule has 2 amide bonds. The highest BCUT2D eigenvalue weighted by molar-refractivity contribution is 8.04. The molecule has 1 fully saturated rings. The molecule has 3 unspecified atom stereocenters. The molecule has 5 rings (SSSR count). The van der Waals surface area contributed by atoms with Crippen molar-refractivity contribution in [2.45, 2.75) is 11.2 Å². The van der Waals surface area contributed by atoms with Crippen molar-refractivity contribution in [2.75, 3.05) is 12.0 Å². The highest BCUT2D eigenvalue weighted by atomic mass is 32.2. The van der Waals surface area contributed by atoms with E-state index in [0.717, 1.165) is 11.8 Å². The van der Waals surface area contributed by atoms with Crippen LogP contribution in [0.25, 0.3) is 0 Å². The fourth-order valence-electron chi connectivity index (χ4n) is 4.21. The van der Waals surface area contributed by atoms with Crippen LogP contribution in [0.1, 0.15) is 11.5 Å². The number of amides is 2. The first-order chi connectivity index (χ1) is 14.0. The number of methoxy groups -OCH3 is 1. The van der Waals surface area contributed by atoms with E-state index >= 15 is 0 Å². The molecule has 0 bridgehead atoms. The Morgan fingerprint density at radius 1 is 1.07 bits per heavy atom. The largest absolute Gasteiger partial charge is 0.497 e. The van der Waals surface area contributed by atoms with Crippen molar-refractivity contribution in [3.63, 3.8) is 0 Å². The Hall–Kier alpha value is -3.26. The molecule has 146 valence electrons. The maximum Gasteiger partial charge on any atom is 0.342 e. The van der Waals surface area contributed by atoms with Crippen molar-refractivity contribution in [1.29, 1.82) is 0 Å². The zero-order valence-corrected chi connectivity index (χ0v) is 16.1. The molecule has 29 heavy (non-hydrogen) atoms. The van der Waals surface area contributed by atoms with E-state index in [9.17, 15) is 14.4 Å². The van der Waals surface area contributed by atoms with E-state index in [4.69, 9.17) is 15.2 Å². The van der Waals surface area contributed by atoms with Gasteiger partial charge < -0.3 is 15.2 Å². The lowest BCUT2D eigenvalue weighted by Crippen LogP contribution is -2.39. The molecule has 0 aromatic heterocycles. The number of fused-ring (bicyclic) bond motifs is 5. The maximum absolute atomic E-state index is 13.5. The van der Waals surface area contributed by atoms with Gasteiger partial charge in [0.1, 0.15) is 16.7 Å². The van der Waals surface area contributed by atoms with Gasteiger partial charge in [-0.25, -0.2) is 9.69 Å². The second kappa shape index (κ2) is 6.38. The minimum atomic E-state index is -0.741. The number of imide groups is 1. The fourth-order valence-corrected chi connectivity index (χ4v) is 5.45. The van der Waals surface area contributed by atoms with Crippen molar-refractivity contribution in [3.8, 4) is 11.5 Å². The van der Waals surface area contributed by atoms with Gasteiger partial charge in [0.15, 0.2) is 0 Å². The predicted octanol–water partition coefficient (Wildman–Crippen LogP) is 2.17. The number of para-hydroxylation sites is 1. The van der Waals surface area contributed by atoms with Gasteiger partial charge >= 0.3 is 5.97 Å². The molecule has 3 atom stereocenters. The fraction of sp³-hybridized carbons (Fsp3) is 0.190. The topological polar surface area (TPSA) is 98.9 Å². The molecule has 0 aliphatic carbocycles. The average molecular weight is 408 g/mol.